The standard InChI is InChI=1S/C11H12N2O10/c14-1-2-5(15)6(16)8(23-2)13-4(10(20)21)3(9(18)19)7(17)12-11(13)22/h2,5-6,8,14-16H,1H2,(H,18,19)(H,20,21)(H,12,17,22)/t2-,5-,6-,8-/m1/s1. The lowest BCUT2D eigenvalue weighted by molar-refractivity contribution is -0.0563. The number of hydrogen-bond acceptors (Lipinski definition) is 8. The summed E-state index contributed by atoms with van der Waals surface area (Å²) in [5.74, 6) is -3.84. The molecule has 1 aliphatic heterocycles. The van der Waals surface area contributed by atoms with Crippen LogP contribution >= 0.6 is 0 Å². The van der Waals surface area contributed by atoms with Crippen LogP contribution in [-0.4, -0.2) is 71.9 Å². The monoisotopic (exact) mass is 332 g/mol. The Balaban J connectivity index is 2.75. The lowest BCUT2D eigenvalue weighted by Crippen LogP contribution is -2.43. The second-order valence-electron chi connectivity index (χ2n) is 4.69. The number of carbonyl (C=O) groups is 2. The van der Waals surface area contributed by atoms with Crippen LogP contribution in [0.2, 0.25) is 0 Å². The maximum atomic E-state index is 11.9. The molecular formula is C11H12N2O10. The van der Waals surface area contributed by atoms with Crippen molar-refractivity contribution in [3.05, 3.63) is 32.1 Å². The van der Waals surface area contributed by atoms with E-state index in [9.17, 15) is 29.4 Å². The molecule has 0 unspecified atom stereocenters. The van der Waals surface area contributed by atoms with Gasteiger partial charge in [-0.25, -0.2) is 14.4 Å². The first-order chi connectivity index (χ1) is 10.7. The van der Waals surface area contributed by atoms with Crippen LogP contribution in [0, 0.1) is 0 Å². The average molecular weight is 332 g/mol. The molecule has 23 heavy (non-hydrogen) atoms. The third kappa shape index (κ3) is 2.63. The highest BCUT2D eigenvalue weighted by molar-refractivity contribution is 6.00. The second kappa shape index (κ2) is 5.92. The van der Waals surface area contributed by atoms with Gasteiger partial charge in [-0.15, -0.1) is 0 Å². The van der Waals surface area contributed by atoms with Crippen LogP contribution < -0.4 is 11.2 Å². The van der Waals surface area contributed by atoms with Crippen LogP contribution in [0.5, 0.6) is 0 Å². The van der Waals surface area contributed by atoms with Crippen molar-refractivity contribution < 1.29 is 39.9 Å². The fraction of sp³-hybridized carbons (Fsp3) is 0.455. The average Bonchev–Trinajstić information content (AvgIpc) is 2.73. The fourth-order valence-corrected chi connectivity index (χ4v) is 2.29. The number of aromatic nitrogens is 2. The lowest BCUT2D eigenvalue weighted by Gasteiger charge is -2.20. The zero-order chi connectivity index (χ0) is 17.5. The second-order valence-corrected chi connectivity index (χ2v) is 4.69. The molecule has 1 saturated heterocycles. The summed E-state index contributed by atoms with van der Waals surface area (Å²) in [4.78, 5) is 47.4. The Morgan fingerprint density at radius 3 is 2.17 bits per heavy atom. The molecule has 1 aliphatic rings. The van der Waals surface area contributed by atoms with E-state index in [0.29, 0.717) is 0 Å². The van der Waals surface area contributed by atoms with Crippen molar-refractivity contribution in [3.8, 4) is 0 Å². The highest BCUT2D eigenvalue weighted by atomic mass is 16.6. The number of aromatic carboxylic acids is 2. The molecule has 0 bridgehead atoms. The van der Waals surface area contributed by atoms with E-state index in [4.69, 9.17) is 20.1 Å². The number of carboxylic acid groups (broad SMARTS) is 2. The fourth-order valence-electron chi connectivity index (χ4n) is 2.29. The maximum Gasteiger partial charge on any atom is 0.353 e. The zero-order valence-corrected chi connectivity index (χ0v) is 11.2. The number of hydrogen-bond donors (Lipinski definition) is 6. The summed E-state index contributed by atoms with van der Waals surface area (Å²) in [6.45, 7) is -0.749. The quantitative estimate of drug-likeness (QED) is 0.322. The Morgan fingerprint density at radius 2 is 1.74 bits per heavy atom. The van der Waals surface area contributed by atoms with Crippen molar-refractivity contribution in [1.29, 1.82) is 0 Å². The minimum absolute atomic E-state index is 0.205. The van der Waals surface area contributed by atoms with Crippen LogP contribution in [0.4, 0.5) is 0 Å². The van der Waals surface area contributed by atoms with Gasteiger partial charge in [0.2, 0.25) is 0 Å². The zero-order valence-electron chi connectivity index (χ0n) is 11.2. The molecule has 12 nitrogen and oxygen atoms in total. The number of aliphatic hydroxyl groups is 3. The van der Waals surface area contributed by atoms with Crippen molar-refractivity contribution in [1.82, 2.24) is 9.55 Å². The molecule has 126 valence electrons. The van der Waals surface area contributed by atoms with Gasteiger partial charge in [0.1, 0.15) is 18.3 Å². The molecule has 0 aliphatic carbocycles. The van der Waals surface area contributed by atoms with Gasteiger partial charge in [0.25, 0.3) is 5.56 Å². The largest absolute Gasteiger partial charge is 0.477 e. The molecule has 0 spiro atoms. The number of carboxylic acids is 2. The minimum Gasteiger partial charge on any atom is -0.477 e. The van der Waals surface area contributed by atoms with Crippen molar-refractivity contribution in [3.63, 3.8) is 0 Å². The van der Waals surface area contributed by atoms with E-state index in [1.807, 2.05) is 0 Å². The first kappa shape index (κ1) is 16.8. The number of H-pyrrole nitrogens is 1. The summed E-state index contributed by atoms with van der Waals surface area (Å²) >= 11 is 0. The Morgan fingerprint density at radius 1 is 1.13 bits per heavy atom. The Labute approximate surface area is 125 Å². The molecule has 1 aromatic heterocycles. The predicted octanol–water partition coefficient (Wildman–Crippen LogP) is -3.46. The van der Waals surface area contributed by atoms with Gasteiger partial charge in [0, 0.05) is 0 Å². The molecule has 2 heterocycles. The lowest BCUT2D eigenvalue weighted by atomic mass is 10.1. The summed E-state index contributed by atoms with van der Waals surface area (Å²) in [6.07, 6.45) is -6.63. The number of nitrogens with zero attached hydrogens (tertiary/aromatic N) is 1. The first-order valence-corrected chi connectivity index (χ1v) is 6.18. The molecule has 12 heteroatoms. The van der Waals surface area contributed by atoms with Gasteiger partial charge in [0.05, 0.1) is 6.61 Å². The van der Waals surface area contributed by atoms with Gasteiger partial charge in [-0.2, -0.15) is 0 Å². The van der Waals surface area contributed by atoms with Crippen LogP contribution in [0.25, 0.3) is 0 Å². The molecule has 1 fully saturated rings. The number of aromatic amines is 1. The molecule has 2 rings (SSSR count). The van der Waals surface area contributed by atoms with E-state index < -0.39 is 65.6 Å². The van der Waals surface area contributed by atoms with Gasteiger partial charge in [0.15, 0.2) is 17.5 Å². The summed E-state index contributed by atoms with van der Waals surface area (Å²) < 4.78 is 5.21. The maximum absolute atomic E-state index is 11.9. The van der Waals surface area contributed by atoms with E-state index in [1.165, 1.54) is 0 Å². The third-order valence-corrected chi connectivity index (χ3v) is 3.33. The number of ether oxygens (including phenoxy) is 1. The summed E-state index contributed by atoms with van der Waals surface area (Å²) in [5, 5.41) is 46.7. The molecule has 6 N–H and O–H groups in total. The third-order valence-electron chi connectivity index (χ3n) is 3.33. The van der Waals surface area contributed by atoms with E-state index in [2.05, 4.69) is 0 Å². The molecule has 0 saturated carbocycles. The minimum atomic E-state index is -1.93. The predicted molar refractivity (Wildman–Crippen MR) is 68.3 cm³/mol. The van der Waals surface area contributed by atoms with Crippen molar-refractivity contribution in [2.45, 2.75) is 24.5 Å². The summed E-state index contributed by atoms with van der Waals surface area (Å²) in [5.41, 5.74) is -5.26. The van der Waals surface area contributed by atoms with Gasteiger partial charge in [-0.3, -0.25) is 14.3 Å². The van der Waals surface area contributed by atoms with Gasteiger partial charge >= 0.3 is 17.6 Å². The molecular weight excluding hydrogens is 320 g/mol. The van der Waals surface area contributed by atoms with Crippen LogP contribution in [0.3, 0.4) is 0 Å². The van der Waals surface area contributed by atoms with Gasteiger partial charge < -0.3 is 30.3 Å². The molecule has 0 radical (unpaired) electrons. The number of rotatable bonds is 4. The number of nitrogens with one attached hydrogen (secondary N) is 1. The highest BCUT2D eigenvalue weighted by Crippen LogP contribution is 2.29. The van der Waals surface area contributed by atoms with Crippen LogP contribution in [-0.2, 0) is 4.74 Å². The van der Waals surface area contributed by atoms with E-state index in [1.54, 1.807) is 4.98 Å². The Kier molecular flexibility index (Phi) is 4.33. The highest BCUT2D eigenvalue weighted by Gasteiger charge is 2.45. The number of aliphatic hydroxyl groups excluding tert-OH is 3. The molecule has 1 aromatic rings. The van der Waals surface area contributed by atoms with Gasteiger partial charge in [-0.1, -0.05) is 0 Å². The topological polar surface area (TPSA) is 199 Å². The van der Waals surface area contributed by atoms with Crippen LogP contribution in [0.1, 0.15) is 27.1 Å². The van der Waals surface area contributed by atoms with Crippen molar-refractivity contribution in [2.24, 2.45) is 0 Å². The Hall–Kier alpha value is -2.54. The van der Waals surface area contributed by atoms with E-state index in [-0.39, 0.29) is 4.57 Å². The van der Waals surface area contributed by atoms with Gasteiger partial charge in [-0.05, 0) is 0 Å². The first-order valence-electron chi connectivity index (χ1n) is 6.18. The molecule has 0 amide bonds. The normalized spacial score (nSPS) is 27.1. The SMILES string of the molecule is O=C(O)c1c(C(=O)O)n([C@@H]2O[C@H](CO)[C@@H](O)[C@H]2O)c(=O)[nH]c1=O. The molecule has 4 atom stereocenters. The smallest absolute Gasteiger partial charge is 0.353 e. The Bertz CT molecular complexity index is 765. The van der Waals surface area contributed by atoms with Crippen molar-refractivity contribution in [2.75, 3.05) is 6.61 Å². The summed E-state index contributed by atoms with van der Waals surface area (Å²) in [7, 11) is 0. The van der Waals surface area contributed by atoms with Crippen LogP contribution in [0.15, 0.2) is 9.59 Å². The summed E-state index contributed by atoms with van der Waals surface area (Å²) in [6, 6.07) is 0. The van der Waals surface area contributed by atoms with Crippen molar-refractivity contribution >= 4 is 11.9 Å². The van der Waals surface area contributed by atoms with E-state index in [0.717, 1.165) is 0 Å². The molecule has 0 aromatic carbocycles. The van der Waals surface area contributed by atoms with E-state index >= 15 is 0 Å².